The van der Waals surface area contributed by atoms with Gasteiger partial charge in [0.05, 0.1) is 0 Å². The van der Waals surface area contributed by atoms with E-state index in [0.29, 0.717) is 11.6 Å². The molecule has 0 bridgehead atoms. The molecule has 6 nitrogen and oxygen atoms in total. The highest BCUT2D eigenvalue weighted by molar-refractivity contribution is 5.77. The Balaban J connectivity index is 2.32. The van der Waals surface area contributed by atoms with E-state index < -0.39 is 12.0 Å². The first-order chi connectivity index (χ1) is 10.5. The Kier molecular flexibility index (Phi) is 5.04. The molecule has 0 aliphatic heterocycles. The summed E-state index contributed by atoms with van der Waals surface area (Å²) in [6, 6.07) is 4.72. The number of carboxylic acid groups (broad SMARTS) is 1. The fourth-order valence-corrected chi connectivity index (χ4v) is 2.11. The Morgan fingerprint density at radius 1 is 1.32 bits per heavy atom. The van der Waals surface area contributed by atoms with E-state index in [1.165, 1.54) is 0 Å². The van der Waals surface area contributed by atoms with Crippen LogP contribution in [0.5, 0.6) is 0 Å². The van der Waals surface area contributed by atoms with E-state index >= 15 is 0 Å². The number of hydrogen-bond donors (Lipinski definition) is 2. The molecule has 0 fully saturated rings. The molecular weight excluding hydrogens is 280 g/mol. The van der Waals surface area contributed by atoms with E-state index in [-0.39, 0.29) is 5.92 Å². The molecule has 0 aliphatic carbocycles. The molecule has 2 rings (SSSR count). The summed E-state index contributed by atoms with van der Waals surface area (Å²) in [5.74, 6) is 0.193. The van der Waals surface area contributed by atoms with Gasteiger partial charge in [-0.1, -0.05) is 20.3 Å². The molecule has 116 valence electrons. The molecule has 0 aromatic carbocycles. The predicted molar refractivity (Wildman–Crippen MR) is 84.5 cm³/mol. The van der Waals surface area contributed by atoms with Gasteiger partial charge in [-0.15, -0.1) is 0 Å². The molecule has 2 atom stereocenters. The molecule has 2 N–H and O–H groups in total. The SMILES string of the molecule is CC[C@H](C)[C@H](Nc1cc(C)nc(-c2ccncc2)n1)C(=O)O. The standard InChI is InChI=1S/C16H20N4O2/c1-4-10(2)14(16(21)22)19-13-9-11(3)18-15(20-13)12-5-7-17-8-6-12/h5-10,14H,4H2,1-3H3,(H,21,22)(H,18,19,20)/t10-,14-/m0/s1. The lowest BCUT2D eigenvalue weighted by molar-refractivity contribution is -0.139. The zero-order valence-electron chi connectivity index (χ0n) is 12.9. The maximum atomic E-state index is 11.4. The van der Waals surface area contributed by atoms with Crippen molar-refractivity contribution < 1.29 is 9.90 Å². The fourth-order valence-electron chi connectivity index (χ4n) is 2.11. The molecule has 2 heterocycles. The smallest absolute Gasteiger partial charge is 0.326 e. The zero-order valence-corrected chi connectivity index (χ0v) is 12.9. The lowest BCUT2D eigenvalue weighted by Crippen LogP contribution is -2.35. The molecule has 0 saturated heterocycles. The van der Waals surface area contributed by atoms with Gasteiger partial charge in [0.2, 0.25) is 0 Å². The first-order valence-corrected chi connectivity index (χ1v) is 7.26. The van der Waals surface area contributed by atoms with Crippen molar-refractivity contribution in [3.8, 4) is 11.4 Å². The van der Waals surface area contributed by atoms with E-state index in [1.807, 2.05) is 32.9 Å². The summed E-state index contributed by atoms with van der Waals surface area (Å²) in [5.41, 5.74) is 1.62. The van der Waals surface area contributed by atoms with Crippen molar-refractivity contribution in [2.75, 3.05) is 5.32 Å². The van der Waals surface area contributed by atoms with Crippen molar-refractivity contribution in [2.45, 2.75) is 33.2 Å². The molecule has 6 heteroatoms. The number of anilines is 1. The number of rotatable bonds is 6. The highest BCUT2D eigenvalue weighted by atomic mass is 16.4. The topological polar surface area (TPSA) is 88.0 Å². The maximum absolute atomic E-state index is 11.4. The van der Waals surface area contributed by atoms with Gasteiger partial charge in [-0.25, -0.2) is 14.8 Å². The van der Waals surface area contributed by atoms with Crippen LogP contribution in [0.25, 0.3) is 11.4 Å². The van der Waals surface area contributed by atoms with Crippen LogP contribution in [0.4, 0.5) is 5.82 Å². The highest BCUT2D eigenvalue weighted by Crippen LogP contribution is 2.19. The molecule has 0 spiro atoms. The van der Waals surface area contributed by atoms with Crippen LogP contribution in [0.1, 0.15) is 26.0 Å². The minimum atomic E-state index is -0.879. The summed E-state index contributed by atoms with van der Waals surface area (Å²) >= 11 is 0. The van der Waals surface area contributed by atoms with E-state index in [2.05, 4.69) is 20.3 Å². The molecule has 2 aromatic rings. The van der Waals surface area contributed by atoms with Gasteiger partial charge >= 0.3 is 5.97 Å². The van der Waals surface area contributed by atoms with Crippen LogP contribution in [0.3, 0.4) is 0 Å². The van der Waals surface area contributed by atoms with Gasteiger partial charge in [0.15, 0.2) is 5.82 Å². The quantitative estimate of drug-likeness (QED) is 0.853. The van der Waals surface area contributed by atoms with Crippen LogP contribution >= 0.6 is 0 Å². The van der Waals surface area contributed by atoms with Gasteiger partial charge in [-0.05, 0) is 25.0 Å². The summed E-state index contributed by atoms with van der Waals surface area (Å²) < 4.78 is 0. The number of carbonyl (C=O) groups is 1. The van der Waals surface area contributed by atoms with Crippen molar-refractivity contribution in [1.29, 1.82) is 0 Å². The number of aliphatic carboxylic acids is 1. The number of carboxylic acids is 1. The largest absolute Gasteiger partial charge is 0.480 e. The molecule has 22 heavy (non-hydrogen) atoms. The first-order valence-electron chi connectivity index (χ1n) is 7.26. The van der Waals surface area contributed by atoms with Gasteiger partial charge in [-0.2, -0.15) is 0 Å². The number of aryl methyl sites for hydroxylation is 1. The van der Waals surface area contributed by atoms with Gasteiger partial charge in [0.25, 0.3) is 0 Å². The van der Waals surface area contributed by atoms with E-state index in [4.69, 9.17) is 0 Å². The number of nitrogens with one attached hydrogen (secondary N) is 1. The van der Waals surface area contributed by atoms with Crippen LogP contribution in [-0.4, -0.2) is 32.1 Å². The van der Waals surface area contributed by atoms with Crippen LogP contribution in [0.2, 0.25) is 0 Å². The Bertz CT molecular complexity index is 646. The van der Waals surface area contributed by atoms with Crippen LogP contribution in [0.15, 0.2) is 30.6 Å². The minimum absolute atomic E-state index is 0.00264. The number of pyridine rings is 1. The van der Waals surface area contributed by atoms with Crippen LogP contribution in [0, 0.1) is 12.8 Å². The maximum Gasteiger partial charge on any atom is 0.326 e. The van der Waals surface area contributed by atoms with E-state index in [0.717, 1.165) is 17.7 Å². The summed E-state index contributed by atoms with van der Waals surface area (Å²) in [5, 5.41) is 12.4. The van der Waals surface area contributed by atoms with Crippen LogP contribution < -0.4 is 5.32 Å². The van der Waals surface area contributed by atoms with Crippen molar-refractivity contribution >= 4 is 11.8 Å². The van der Waals surface area contributed by atoms with Gasteiger partial charge in [0, 0.05) is 29.7 Å². The third kappa shape index (κ3) is 3.78. The van der Waals surface area contributed by atoms with Crippen molar-refractivity contribution in [2.24, 2.45) is 5.92 Å². The second-order valence-corrected chi connectivity index (χ2v) is 5.30. The molecule has 2 aromatic heterocycles. The Labute approximate surface area is 129 Å². The molecular formula is C16H20N4O2. The first kappa shape index (κ1) is 15.9. The van der Waals surface area contributed by atoms with Gasteiger partial charge in [-0.3, -0.25) is 4.98 Å². The van der Waals surface area contributed by atoms with Crippen LogP contribution in [-0.2, 0) is 4.79 Å². The molecule has 0 saturated carbocycles. The minimum Gasteiger partial charge on any atom is -0.480 e. The lowest BCUT2D eigenvalue weighted by Gasteiger charge is -2.21. The number of nitrogens with zero attached hydrogens (tertiary/aromatic N) is 3. The Morgan fingerprint density at radius 3 is 2.59 bits per heavy atom. The van der Waals surface area contributed by atoms with E-state index in [1.54, 1.807) is 18.5 Å². The molecule has 0 radical (unpaired) electrons. The number of hydrogen-bond acceptors (Lipinski definition) is 5. The second-order valence-electron chi connectivity index (χ2n) is 5.30. The third-order valence-corrected chi connectivity index (χ3v) is 3.58. The fraction of sp³-hybridized carbons (Fsp3) is 0.375. The van der Waals surface area contributed by atoms with Crippen molar-refractivity contribution in [1.82, 2.24) is 15.0 Å². The summed E-state index contributed by atoms with van der Waals surface area (Å²) in [6.45, 7) is 5.73. The Morgan fingerprint density at radius 2 is 2.00 bits per heavy atom. The monoisotopic (exact) mass is 300 g/mol. The highest BCUT2D eigenvalue weighted by Gasteiger charge is 2.24. The molecule has 0 unspecified atom stereocenters. The summed E-state index contributed by atoms with van der Waals surface area (Å²) in [6.07, 6.45) is 4.12. The van der Waals surface area contributed by atoms with Crippen molar-refractivity contribution in [3.63, 3.8) is 0 Å². The predicted octanol–water partition coefficient (Wildman–Crippen LogP) is 2.76. The van der Waals surface area contributed by atoms with E-state index in [9.17, 15) is 9.90 Å². The summed E-state index contributed by atoms with van der Waals surface area (Å²) in [4.78, 5) is 24.2. The normalized spacial score (nSPS) is 13.4. The second kappa shape index (κ2) is 6.98. The van der Waals surface area contributed by atoms with Gasteiger partial charge in [0.1, 0.15) is 11.9 Å². The zero-order chi connectivity index (χ0) is 16.1. The lowest BCUT2D eigenvalue weighted by atomic mass is 9.99. The average Bonchev–Trinajstić information content (AvgIpc) is 2.52. The van der Waals surface area contributed by atoms with Gasteiger partial charge < -0.3 is 10.4 Å². The number of aromatic nitrogens is 3. The Hall–Kier alpha value is -2.50. The summed E-state index contributed by atoms with van der Waals surface area (Å²) in [7, 11) is 0. The average molecular weight is 300 g/mol. The molecule has 0 aliphatic rings. The third-order valence-electron chi connectivity index (χ3n) is 3.58. The molecule has 0 amide bonds. The van der Waals surface area contributed by atoms with Crippen molar-refractivity contribution in [3.05, 3.63) is 36.3 Å².